The molecule has 0 fully saturated rings. The Hall–Kier alpha value is -2.29. The van der Waals surface area contributed by atoms with E-state index < -0.39 is 26.5 Å². The van der Waals surface area contributed by atoms with E-state index >= 15 is 0 Å². The largest absolute Gasteiger partial charge is 0.472 e. The fourth-order valence-electron chi connectivity index (χ4n) is 5.59. The number of carbonyl (C=O) groups excluding carboxylic acids is 2. The van der Waals surface area contributed by atoms with Gasteiger partial charge in [-0.15, -0.1) is 0 Å². The van der Waals surface area contributed by atoms with Crippen LogP contribution in [0.2, 0.25) is 0 Å². The highest BCUT2D eigenvalue weighted by Gasteiger charge is 2.27. The number of carbonyl (C=O) groups is 2. The molecule has 0 bridgehead atoms. The number of rotatable bonds is 39. The van der Waals surface area contributed by atoms with Gasteiger partial charge >= 0.3 is 19.8 Å². The van der Waals surface area contributed by atoms with Gasteiger partial charge in [-0.1, -0.05) is 139 Å². The van der Waals surface area contributed by atoms with Gasteiger partial charge in [0, 0.05) is 12.8 Å². The third-order valence-electron chi connectivity index (χ3n) is 9.03. The lowest BCUT2D eigenvalue weighted by Gasteiger charge is -2.24. The first kappa shape index (κ1) is 53.7. The molecule has 0 heterocycles. The van der Waals surface area contributed by atoms with Crippen LogP contribution < -0.4 is 0 Å². The van der Waals surface area contributed by atoms with E-state index in [9.17, 15) is 19.0 Å². The molecule has 56 heavy (non-hydrogen) atoms. The van der Waals surface area contributed by atoms with E-state index in [0.717, 1.165) is 70.6 Å². The monoisotopic (exact) mass is 809 g/mol. The predicted molar refractivity (Wildman–Crippen MR) is 233 cm³/mol. The van der Waals surface area contributed by atoms with Gasteiger partial charge in [0.1, 0.15) is 19.8 Å². The van der Waals surface area contributed by atoms with Crippen molar-refractivity contribution >= 4 is 19.8 Å². The second kappa shape index (κ2) is 38.2. The first-order valence-electron chi connectivity index (χ1n) is 22.0. The molecule has 0 aromatic heterocycles. The zero-order valence-electron chi connectivity index (χ0n) is 36.3. The van der Waals surface area contributed by atoms with Gasteiger partial charge in [-0.05, 0) is 77.0 Å². The zero-order valence-corrected chi connectivity index (χ0v) is 37.2. The van der Waals surface area contributed by atoms with Crippen molar-refractivity contribution in [3.63, 3.8) is 0 Å². The Bertz CT molecular complexity index is 1140. The molecule has 9 nitrogen and oxygen atoms in total. The molecule has 324 valence electrons. The number of ether oxygens (including phenoxy) is 2. The molecule has 1 N–H and O–H groups in total. The minimum absolute atomic E-state index is 0.0205. The number of unbranched alkanes of at least 4 members (excludes halogenated alkanes) is 15. The van der Waals surface area contributed by atoms with Crippen LogP contribution in [0.15, 0.2) is 60.8 Å². The van der Waals surface area contributed by atoms with Crippen LogP contribution in [0.4, 0.5) is 0 Å². The topological polar surface area (TPSA) is 108 Å². The van der Waals surface area contributed by atoms with Crippen molar-refractivity contribution in [1.82, 2.24) is 0 Å². The first-order valence-corrected chi connectivity index (χ1v) is 23.5. The summed E-state index contributed by atoms with van der Waals surface area (Å²) in [5.41, 5.74) is 0. The summed E-state index contributed by atoms with van der Waals surface area (Å²) in [6, 6.07) is 0. The molecule has 0 aromatic carbocycles. The minimum Gasteiger partial charge on any atom is -0.462 e. The lowest BCUT2D eigenvalue weighted by Crippen LogP contribution is -2.37. The zero-order chi connectivity index (χ0) is 41.4. The van der Waals surface area contributed by atoms with Crippen molar-refractivity contribution in [2.45, 2.75) is 174 Å². The third-order valence-corrected chi connectivity index (χ3v) is 10.0. The summed E-state index contributed by atoms with van der Waals surface area (Å²) in [4.78, 5) is 35.3. The van der Waals surface area contributed by atoms with Crippen LogP contribution in [0.5, 0.6) is 0 Å². The highest BCUT2D eigenvalue weighted by atomic mass is 31.2. The van der Waals surface area contributed by atoms with Crippen LogP contribution in [0, 0.1) is 0 Å². The van der Waals surface area contributed by atoms with E-state index in [-0.39, 0.29) is 32.0 Å². The Morgan fingerprint density at radius 1 is 0.571 bits per heavy atom. The lowest BCUT2D eigenvalue weighted by molar-refractivity contribution is -0.870. The molecule has 0 aliphatic heterocycles. The molecule has 0 aliphatic carbocycles. The number of likely N-dealkylation sites (N-methyl/N-ethyl adjacent to an activating group) is 1. The highest BCUT2D eigenvalue weighted by Crippen LogP contribution is 2.43. The van der Waals surface area contributed by atoms with Crippen LogP contribution in [0.3, 0.4) is 0 Å². The van der Waals surface area contributed by atoms with Gasteiger partial charge < -0.3 is 18.9 Å². The van der Waals surface area contributed by atoms with Gasteiger partial charge in [0.15, 0.2) is 6.10 Å². The van der Waals surface area contributed by atoms with E-state index in [1.807, 2.05) is 21.1 Å². The maximum absolute atomic E-state index is 12.7. The number of phosphoric ester groups is 1. The van der Waals surface area contributed by atoms with Crippen molar-refractivity contribution in [2.75, 3.05) is 47.5 Å². The molecule has 10 heteroatoms. The maximum atomic E-state index is 12.7. The number of phosphoric acid groups is 1. The lowest BCUT2D eigenvalue weighted by atomic mass is 10.1. The summed E-state index contributed by atoms with van der Waals surface area (Å²) >= 11 is 0. The Morgan fingerprint density at radius 2 is 1.02 bits per heavy atom. The number of allylic oxidation sites excluding steroid dienone is 10. The van der Waals surface area contributed by atoms with Gasteiger partial charge in [0.25, 0.3) is 0 Å². The normalized spacial score (nSPS) is 14.2. The van der Waals surface area contributed by atoms with Crippen LogP contribution in [0.1, 0.15) is 168 Å². The molecule has 0 aromatic rings. The Kier molecular flexibility index (Phi) is 36.7. The number of quaternary nitrogens is 1. The Labute approximate surface area is 343 Å². The molecular weight excluding hydrogens is 725 g/mol. The van der Waals surface area contributed by atoms with Gasteiger partial charge in [-0.2, -0.15) is 0 Å². The van der Waals surface area contributed by atoms with E-state index in [2.05, 4.69) is 74.6 Å². The molecule has 1 unspecified atom stereocenters. The van der Waals surface area contributed by atoms with Crippen molar-refractivity contribution in [3.8, 4) is 0 Å². The summed E-state index contributed by atoms with van der Waals surface area (Å²) in [5, 5.41) is 0. The van der Waals surface area contributed by atoms with Crippen LogP contribution in [-0.4, -0.2) is 74.9 Å². The van der Waals surface area contributed by atoms with Crippen molar-refractivity contribution < 1.29 is 42.1 Å². The molecule has 0 radical (unpaired) electrons. The molecular formula is C46H83NO8P+. The van der Waals surface area contributed by atoms with E-state index in [0.29, 0.717) is 17.4 Å². The summed E-state index contributed by atoms with van der Waals surface area (Å²) in [6.07, 6.45) is 45.6. The summed E-state index contributed by atoms with van der Waals surface area (Å²) < 4.78 is 34.2. The van der Waals surface area contributed by atoms with Crippen molar-refractivity contribution in [2.24, 2.45) is 0 Å². The summed E-state index contributed by atoms with van der Waals surface area (Å²) in [5.74, 6) is -0.856. The van der Waals surface area contributed by atoms with Gasteiger partial charge in [0.2, 0.25) is 0 Å². The van der Waals surface area contributed by atoms with Crippen LogP contribution >= 0.6 is 7.82 Å². The minimum atomic E-state index is -4.39. The highest BCUT2D eigenvalue weighted by molar-refractivity contribution is 7.47. The maximum Gasteiger partial charge on any atom is 0.472 e. The molecule has 0 aliphatic rings. The second-order valence-electron chi connectivity index (χ2n) is 15.7. The van der Waals surface area contributed by atoms with E-state index in [4.69, 9.17) is 18.5 Å². The van der Waals surface area contributed by atoms with E-state index in [1.54, 1.807) is 0 Å². The van der Waals surface area contributed by atoms with Crippen molar-refractivity contribution in [3.05, 3.63) is 60.8 Å². The predicted octanol–water partition coefficient (Wildman–Crippen LogP) is 12.5. The fourth-order valence-corrected chi connectivity index (χ4v) is 6.33. The standard InChI is InChI=1S/C46H82NO8P/c1-6-8-10-12-14-16-18-20-22-23-25-26-28-30-32-34-36-38-45(48)52-42-44(43-54-56(50,51)53-41-40-47(3,4)5)55-46(49)39-37-35-33-31-29-27-24-21-19-17-15-13-11-9-7-2/h9,11,15,17,20-22,24,29,31,44H,6-8,10,12-14,16,18-19,23,25-28,30,32-43H2,1-5H3/p+1/b11-9+,17-15+,22-20+,24-21+,31-29+/t44-/m1/s1. The second-order valence-corrected chi connectivity index (χ2v) is 17.1. The quantitative estimate of drug-likeness (QED) is 0.0215. The van der Waals surface area contributed by atoms with Crippen molar-refractivity contribution in [1.29, 1.82) is 0 Å². The average molecular weight is 809 g/mol. The van der Waals surface area contributed by atoms with Gasteiger partial charge in [-0.3, -0.25) is 18.6 Å². The molecule has 0 amide bonds. The van der Waals surface area contributed by atoms with Gasteiger partial charge in [-0.25, -0.2) is 4.57 Å². The van der Waals surface area contributed by atoms with Crippen LogP contribution in [0.25, 0.3) is 0 Å². The number of esters is 2. The molecule has 0 spiro atoms. The molecule has 0 rings (SSSR count). The molecule has 2 atom stereocenters. The smallest absolute Gasteiger partial charge is 0.462 e. The number of nitrogens with zero attached hydrogens (tertiary/aromatic N) is 1. The average Bonchev–Trinajstić information content (AvgIpc) is 3.15. The molecule has 0 saturated carbocycles. The van der Waals surface area contributed by atoms with E-state index in [1.165, 1.54) is 64.2 Å². The number of hydrogen-bond donors (Lipinski definition) is 1. The Balaban J connectivity index is 4.43. The first-order chi connectivity index (χ1) is 27.0. The van der Waals surface area contributed by atoms with Crippen LogP contribution in [-0.2, 0) is 32.7 Å². The Morgan fingerprint density at radius 3 is 1.57 bits per heavy atom. The summed E-state index contributed by atoms with van der Waals surface area (Å²) in [7, 11) is 1.44. The summed E-state index contributed by atoms with van der Waals surface area (Å²) in [6.45, 7) is 4.24. The van der Waals surface area contributed by atoms with Gasteiger partial charge in [0.05, 0.1) is 27.7 Å². The number of hydrogen-bond acceptors (Lipinski definition) is 7. The molecule has 0 saturated heterocycles. The third kappa shape index (κ3) is 41.3. The fraction of sp³-hybridized carbons (Fsp3) is 0.739. The SMILES string of the molecule is CC/C=C/C/C=C/C/C=C/C/C=C/CCCCC(=O)O[C@H](COC(=O)CCCCCCCCC/C=C/CCCCCCCC)COP(=O)(O)OCC[N+](C)(C)C.